The molecule has 2 aromatic rings. The molecular formula is C23H34N4O6S2. The Bertz CT molecular complexity index is 1090. The second-order valence-electron chi connectivity index (χ2n) is 8.92. The van der Waals surface area contributed by atoms with E-state index in [0.29, 0.717) is 6.54 Å². The average Bonchev–Trinajstić information content (AvgIpc) is 3.30. The van der Waals surface area contributed by atoms with Gasteiger partial charge in [0.05, 0.1) is 24.3 Å². The number of aliphatic hydroxyl groups excluding tert-OH is 2. The van der Waals surface area contributed by atoms with E-state index >= 15 is 0 Å². The van der Waals surface area contributed by atoms with Gasteiger partial charge in [0.25, 0.3) is 5.91 Å². The normalized spacial score (nSPS) is 15.2. The molecule has 2 amide bonds. The van der Waals surface area contributed by atoms with Gasteiger partial charge < -0.3 is 20.8 Å². The Morgan fingerprint density at radius 1 is 1.11 bits per heavy atom. The van der Waals surface area contributed by atoms with Gasteiger partial charge in [-0.15, -0.1) is 11.3 Å². The molecule has 0 spiro atoms. The number of aromatic nitrogens is 1. The molecule has 0 aliphatic rings. The van der Waals surface area contributed by atoms with Crippen LogP contribution in [0.4, 0.5) is 5.13 Å². The zero-order valence-corrected chi connectivity index (χ0v) is 22.1. The second kappa shape index (κ2) is 12.4. The summed E-state index contributed by atoms with van der Waals surface area (Å²) in [7, 11) is -2.21. The first-order valence-electron chi connectivity index (χ1n) is 11.2. The van der Waals surface area contributed by atoms with Crippen molar-refractivity contribution < 1.29 is 28.2 Å². The summed E-state index contributed by atoms with van der Waals surface area (Å²) < 4.78 is 24.5. The molecule has 0 bridgehead atoms. The van der Waals surface area contributed by atoms with Crippen molar-refractivity contribution in [3.05, 3.63) is 47.0 Å². The van der Waals surface area contributed by atoms with Gasteiger partial charge in [0.2, 0.25) is 15.9 Å². The van der Waals surface area contributed by atoms with Gasteiger partial charge in [-0.3, -0.25) is 9.59 Å². The van der Waals surface area contributed by atoms with E-state index in [1.165, 1.54) is 19.4 Å². The van der Waals surface area contributed by atoms with E-state index in [1.807, 2.05) is 44.2 Å². The van der Waals surface area contributed by atoms with Crippen LogP contribution in [0.2, 0.25) is 0 Å². The molecule has 2 rings (SSSR count). The van der Waals surface area contributed by atoms with Crippen molar-refractivity contribution in [1.82, 2.24) is 15.6 Å². The smallest absolute Gasteiger partial charge is 0.271 e. The standard InChI is InChI=1S/C23H34N4O6S2/c1-14(2)12-24-21(30)15(3)19(28)20(29)17(11-16-9-7-6-8-10-16)25-22(31)18-13-34-23(26-18)27(4)35(5,32)33/h6-10,13-15,17,19-20,28-29H,11-12H2,1-5H3,(H,24,30)(H,25,31). The highest BCUT2D eigenvalue weighted by atomic mass is 32.2. The summed E-state index contributed by atoms with van der Waals surface area (Å²) in [6.45, 7) is 5.83. The van der Waals surface area contributed by atoms with Crippen LogP contribution < -0.4 is 14.9 Å². The molecule has 4 N–H and O–H groups in total. The number of nitrogens with zero attached hydrogens (tertiary/aromatic N) is 2. The van der Waals surface area contributed by atoms with Gasteiger partial charge in [-0.05, 0) is 17.9 Å². The van der Waals surface area contributed by atoms with Crippen LogP contribution in [-0.4, -0.2) is 73.5 Å². The minimum atomic E-state index is -3.55. The Hall–Kier alpha value is -2.54. The van der Waals surface area contributed by atoms with Gasteiger partial charge in [0, 0.05) is 19.0 Å². The fraction of sp³-hybridized carbons (Fsp3) is 0.522. The molecule has 1 aromatic heterocycles. The Kier molecular flexibility index (Phi) is 10.2. The van der Waals surface area contributed by atoms with Crippen molar-refractivity contribution in [2.24, 2.45) is 11.8 Å². The third-order valence-corrected chi connectivity index (χ3v) is 7.68. The Morgan fingerprint density at radius 3 is 2.31 bits per heavy atom. The largest absolute Gasteiger partial charge is 0.390 e. The summed E-state index contributed by atoms with van der Waals surface area (Å²) in [6, 6.07) is 8.15. The van der Waals surface area contributed by atoms with E-state index in [-0.39, 0.29) is 23.2 Å². The molecule has 0 saturated heterocycles. The Labute approximate surface area is 210 Å². The molecule has 0 aliphatic heterocycles. The molecular weight excluding hydrogens is 492 g/mol. The van der Waals surface area contributed by atoms with E-state index in [9.17, 15) is 28.2 Å². The zero-order valence-electron chi connectivity index (χ0n) is 20.5. The molecule has 12 heteroatoms. The quantitative estimate of drug-likeness (QED) is 0.322. The van der Waals surface area contributed by atoms with E-state index in [2.05, 4.69) is 15.6 Å². The summed E-state index contributed by atoms with van der Waals surface area (Å²) in [6.07, 6.45) is -1.69. The lowest BCUT2D eigenvalue weighted by molar-refractivity contribution is -0.131. The summed E-state index contributed by atoms with van der Waals surface area (Å²) in [4.78, 5) is 29.5. The number of hydrogen-bond donors (Lipinski definition) is 4. The summed E-state index contributed by atoms with van der Waals surface area (Å²) in [5.41, 5.74) is 0.778. The van der Waals surface area contributed by atoms with E-state index in [4.69, 9.17) is 0 Å². The van der Waals surface area contributed by atoms with Gasteiger partial charge in [0.1, 0.15) is 11.8 Å². The first kappa shape index (κ1) is 28.7. The highest BCUT2D eigenvalue weighted by molar-refractivity contribution is 7.92. The van der Waals surface area contributed by atoms with E-state index in [0.717, 1.165) is 27.5 Å². The van der Waals surface area contributed by atoms with E-state index in [1.54, 1.807) is 0 Å². The Morgan fingerprint density at radius 2 is 1.74 bits per heavy atom. The number of rotatable bonds is 12. The van der Waals surface area contributed by atoms with Crippen LogP contribution in [0.5, 0.6) is 0 Å². The average molecular weight is 527 g/mol. The van der Waals surface area contributed by atoms with Crippen LogP contribution in [0.1, 0.15) is 36.8 Å². The van der Waals surface area contributed by atoms with Gasteiger partial charge in [-0.1, -0.05) is 51.1 Å². The number of carbonyl (C=O) groups excluding carboxylic acids is 2. The minimum Gasteiger partial charge on any atom is -0.390 e. The van der Waals surface area contributed by atoms with Crippen LogP contribution in [0, 0.1) is 11.8 Å². The maximum Gasteiger partial charge on any atom is 0.271 e. The van der Waals surface area contributed by atoms with Gasteiger partial charge in [0.15, 0.2) is 5.13 Å². The summed E-state index contributed by atoms with van der Waals surface area (Å²) in [5.74, 6) is -1.74. The lowest BCUT2D eigenvalue weighted by Crippen LogP contribution is -2.53. The third kappa shape index (κ3) is 8.27. The molecule has 0 saturated carbocycles. The number of benzene rings is 1. The van der Waals surface area contributed by atoms with Gasteiger partial charge in [-0.2, -0.15) is 0 Å². The number of aliphatic hydroxyl groups is 2. The summed E-state index contributed by atoms with van der Waals surface area (Å²) >= 11 is 0.985. The van der Waals surface area contributed by atoms with Crippen LogP contribution in [0.15, 0.2) is 35.7 Å². The number of thiazole rings is 1. The molecule has 0 fully saturated rings. The van der Waals surface area contributed by atoms with Crippen LogP contribution >= 0.6 is 11.3 Å². The van der Waals surface area contributed by atoms with Crippen molar-refractivity contribution >= 4 is 38.3 Å². The Balaban J connectivity index is 2.22. The number of hydrogen-bond acceptors (Lipinski definition) is 8. The van der Waals surface area contributed by atoms with Crippen molar-refractivity contribution in [3.8, 4) is 0 Å². The molecule has 1 heterocycles. The molecule has 1 aromatic carbocycles. The van der Waals surface area contributed by atoms with Crippen molar-refractivity contribution in [3.63, 3.8) is 0 Å². The molecule has 10 nitrogen and oxygen atoms in total. The molecule has 194 valence electrons. The third-order valence-electron chi connectivity index (χ3n) is 5.48. The molecule has 4 atom stereocenters. The lowest BCUT2D eigenvalue weighted by Gasteiger charge is -2.30. The number of nitrogens with one attached hydrogen (secondary N) is 2. The van der Waals surface area contributed by atoms with Crippen LogP contribution in [0.25, 0.3) is 0 Å². The van der Waals surface area contributed by atoms with E-state index < -0.39 is 46.0 Å². The van der Waals surface area contributed by atoms with Crippen molar-refractivity contribution in [1.29, 1.82) is 0 Å². The first-order chi connectivity index (χ1) is 16.3. The molecule has 0 aliphatic carbocycles. The molecule has 4 unspecified atom stereocenters. The monoisotopic (exact) mass is 526 g/mol. The number of amides is 2. The minimum absolute atomic E-state index is 0.0250. The fourth-order valence-electron chi connectivity index (χ4n) is 3.18. The number of carbonyl (C=O) groups is 2. The predicted molar refractivity (Wildman–Crippen MR) is 136 cm³/mol. The number of sulfonamides is 1. The molecule has 0 radical (unpaired) electrons. The lowest BCUT2D eigenvalue weighted by atomic mass is 9.90. The van der Waals surface area contributed by atoms with Crippen LogP contribution in [-0.2, 0) is 21.2 Å². The maximum atomic E-state index is 12.9. The maximum absolute atomic E-state index is 12.9. The van der Waals surface area contributed by atoms with Gasteiger partial charge >= 0.3 is 0 Å². The van der Waals surface area contributed by atoms with Crippen molar-refractivity contribution in [2.45, 2.75) is 45.4 Å². The fourth-order valence-corrected chi connectivity index (χ4v) is 4.71. The highest BCUT2D eigenvalue weighted by Crippen LogP contribution is 2.22. The topological polar surface area (TPSA) is 149 Å². The first-order valence-corrected chi connectivity index (χ1v) is 13.9. The van der Waals surface area contributed by atoms with Gasteiger partial charge in [-0.25, -0.2) is 17.7 Å². The number of anilines is 1. The zero-order chi connectivity index (χ0) is 26.3. The SMILES string of the molecule is CC(C)CNC(=O)C(C)C(O)C(O)C(Cc1ccccc1)NC(=O)c1csc(N(C)S(C)(=O)=O)n1. The second-order valence-corrected chi connectivity index (χ2v) is 11.8. The van der Waals surface area contributed by atoms with Crippen molar-refractivity contribution in [2.75, 3.05) is 24.2 Å². The summed E-state index contributed by atoms with van der Waals surface area (Å²) in [5, 5.41) is 28.7. The molecule has 35 heavy (non-hydrogen) atoms. The highest BCUT2D eigenvalue weighted by Gasteiger charge is 2.35. The van der Waals surface area contributed by atoms with Crippen LogP contribution in [0.3, 0.4) is 0 Å². The predicted octanol–water partition coefficient (Wildman–Crippen LogP) is 1.01.